The lowest BCUT2D eigenvalue weighted by molar-refractivity contribution is -0.126. The topological polar surface area (TPSA) is 41.1 Å². The largest absolute Gasteiger partial charge is 0.353 e. The monoisotopic (exact) mass is 266 g/mol. The molecular weight excluding hydrogens is 244 g/mol. The molecule has 0 bridgehead atoms. The Hall–Kier alpha value is -0.870. The van der Waals surface area contributed by atoms with E-state index in [9.17, 15) is 4.79 Å². The van der Waals surface area contributed by atoms with Crippen LogP contribution in [0.4, 0.5) is 0 Å². The molecule has 3 nitrogen and oxygen atoms in total. The van der Waals surface area contributed by atoms with Gasteiger partial charge in [-0.3, -0.25) is 4.79 Å². The summed E-state index contributed by atoms with van der Waals surface area (Å²) in [4.78, 5) is 12.1. The first-order chi connectivity index (χ1) is 8.65. The highest BCUT2D eigenvalue weighted by Gasteiger charge is 2.25. The molecule has 0 aliphatic carbocycles. The number of carbonyl (C=O) groups is 1. The van der Waals surface area contributed by atoms with Gasteiger partial charge < -0.3 is 10.6 Å². The quantitative estimate of drug-likeness (QED) is 0.877. The van der Waals surface area contributed by atoms with Gasteiger partial charge in [-0.25, -0.2) is 0 Å². The van der Waals surface area contributed by atoms with Crippen LogP contribution in [0.15, 0.2) is 16.8 Å². The summed E-state index contributed by atoms with van der Waals surface area (Å²) in [5.74, 6) is 0.414. The summed E-state index contributed by atoms with van der Waals surface area (Å²) in [7, 11) is 0. The number of hydrogen-bond donors (Lipinski definition) is 2. The van der Waals surface area contributed by atoms with Crippen LogP contribution in [-0.4, -0.2) is 24.5 Å². The summed E-state index contributed by atoms with van der Waals surface area (Å²) in [6.45, 7) is 5.19. The predicted molar refractivity (Wildman–Crippen MR) is 75.8 cm³/mol. The number of piperidine rings is 1. The minimum absolute atomic E-state index is 0.186. The van der Waals surface area contributed by atoms with Crippen molar-refractivity contribution in [2.45, 2.75) is 45.2 Å². The average molecular weight is 266 g/mol. The van der Waals surface area contributed by atoms with Crippen LogP contribution in [0.2, 0.25) is 0 Å². The Morgan fingerprint density at radius 3 is 3.17 bits per heavy atom. The van der Waals surface area contributed by atoms with Crippen LogP contribution in [0.1, 0.15) is 32.3 Å². The van der Waals surface area contributed by atoms with Crippen molar-refractivity contribution in [2.75, 3.05) is 6.54 Å². The summed E-state index contributed by atoms with van der Waals surface area (Å²) >= 11 is 1.71. The zero-order chi connectivity index (χ0) is 13.0. The highest BCUT2D eigenvalue weighted by molar-refractivity contribution is 7.07. The van der Waals surface area contributed by atoms with Crippen LogP contribution in [0.3, 0.4) is 0 Å². The Morgan fingerprint density at radius 2 is 2.50 bits per heavy atom. The van der Waals surface area contributed by atoms with E-state index in [2.05, 4.69) is 41.3 Å². The third-order valence-corrected chi connectivity index (χ3v) is 4.24. The lowest BCUT2D eigenvalue weighted by Gasteiger charge is -2.28. The van der Waals surface area contributed by atoms with Crippen molar-refractivity contribution in [3.8, 4) is 0 Å². The number of nitrogens with one attached hydrogen (secondary N) is 2. The molecular formula is C14H22N2OS. The van der Waals surface area contributed by atoms with E-state index < -0.39 is 0 Å². The second-order valence-corrected chi connectivity index (χ2v) is 6.10. The summed E-state index contributed by atoms with van der Waals surface area (Å²) in [5, 5.41) is 10.8. The summed E-state index contributed by atoms with van der Waals surface area (Å²) in [6, 6.07) is 2.80. The van der Waals surface area contributed by atoms with E-state index in [1.807, 2.05) is 0 Å². The molecule has 1 saturated heterocycles. The van der Waals surface area contributed by atoms with Gasteiger partial charge in [-0.15, -0.1) is 0 Å². The van der Waals surface area contributed by atoms with E-state index in [4.69, 9.17) is 0 Å². The van der Waals surface area contributed by atoms with Crippen molar-refractivity contribution in [1.82, 2.24) is 10.6 Å². The minimum atomic E-state index is 0.186. The van der Waals surface area contributed by atoms with Gasteiger partial charge in [0.05, 0.1) is 0 Å². The highest BCUT2D eigenvalue weighted by Crippen LogP contribution is 2.16. The maximum atomic E-state index is 12.1. The number of carbonyl (C=O) groups excluding carboxylic acids is 1. The third kappa shape index (κ3) is 3.82. The second kappa shape index (κ2) is 6.34. The zero-order valence-electron chi connectivity index (χ0n) is 11.1. The van der Waals surface area contributed by atoms with E-state index in [0.29, 0.717) is 6.04 Å². The molecule has 2 N–H and O–H groups in total. The predicted octanol–water partition coefficient (Wildman–Crippen LogP) is 2.18. The van der Waals surface area contributed by atoms with E-state index in [-0.39, 0.29) is 17.9 Å². The Labute approximate surface area is 113 Å². The van der Waals surface area contributed by atoms with Gasteiger partial charge in [-0.2, -0.15) is 11.3 Å². The van der Waals surface area contributed by atoms with E-state index in [1.165, 1.54) is 5.56 Å². The van der Waals surface area contributed by atoms with Crippen LogP contribution in [0, 0.1) is 5.92 Å². The fraction of sp³-hybridized carbons (Fsp3) is 0.643. The molecule has 3 unspecified atom stereocenters. The lowest BCUT2D eigenvalue weighted by atomic mass is 9.92. The zero-order valence-corrected chi connectivity index (χ0v) is 11.9. The van der Waals surface area contributed by atoms with Crippen LogP contribution >= 0.6 is 11.3 Å². The van der Waals surface area contributed by atoms with Crippen molar-refractivity contribution < 1.29 is 4.79 Å². The van der Waals surface area contributed by atoms with Gasteiger partial charge >= 0.3 is 0 Å². The molecule has 2 heterocycles. The summed E-state index contributed by atoms with van der Waals surface area (Å²) < 4.78 is 0. The Morgan fingerprint density at radius 1 is 1.67 bits per heavy atom. The average Bonchev–Trinajstić information content (AvgIpc) is 2.81. The fourth-order valence-electron chi connectivity index (χ4n) is 2.54. The molecule has 100 valence electrons. The van der Waals surface area contributed by atoms with Crippen LogP contribution < -0.4 is 10.6 Å². The highest BCUT2D eigenvalue weighted by atomic mass is 32.1. The molecule has 1 aromatic rings. The molecule has 1 aliphatic heterocycles. The Kier molecular flexibility index (Phi) is 4.78. The van der Waals surface area contributed by atoms with Crippen molar-refractivity contribution in [1.29, 1.82) is 0 Å². The van der Waals surface area contributed by atoms with Crippen molar-refractivity contribution in [3.05, 3.63) is 22.4 Å². The van der Waals surface area contributed by atoms with Crippen LogP contribution in [0.5, 0.6) is 0 Å². The fourth-order valence-corrected chi connectivity index (χ4v) is 3.23. The normalized spacial score (nSPS) is 25.7. The number of amides is 1. The molecule has 0 radical (unpaired) electrons. The van der Waals surface area contributed by atoms with Crippen LogP contribution in [-0.2, 0) is 11.2 Å². The van der Waals surface area contributed by atoms with Gasteiger partial charge in [-0.05, 0) is 62.0 Å². The third-order valence-electron chi connectivity index (χ3n) is 3.51. The molecule has 1 aromatic heterocycles. The standard InChI is InChI=1S/C14H22N2OS/c1-10-8-13(3-5-15-10)14(17)16-11(2)7-12-4-6-18-9-12/h4,6,9-11,13,15H,3,5,7-8H2,1-2H3,(H,16,17). The maximum Gasteiger partial charge on any atom is 0.223 e. The molecule has 1 fully saturated rings. The molecule has 1 aliphatic rings. The smallest absolute Gasteiger partial charge is 0.223 e. The first-order valence-electron chi connectivity index (χ1n) is 6.70. The second-order valence-electron chi connectivity index (χ2n) is 5.32. The molecule has 2 rings (SSSR count). The molecule has 0 aromatic carbocycles. The Balaban J connectivity index is 1.79. The first kappa shape index (κ1) is 13.6. The summed E-state index contributed by atoms with van der Waals surface area (Å²) in [6.07, 6.45) is 2.84. The number of rotatable bonds is 4. The van der Waals surface area contributed by atoms with Gasteiger partial charge in [0.15, 0.2) is 0 Å². The van der Waals surface area contributed by atoms with E-state index in [0.717, 1.165) is 25.8 Å². The molecule has 18 heavy (non-hydrogen) atoms. The molecule has 0 spiro atoms. The van der Waals surface area contributed by atoms with Gasteiger partial charge in [0.2, 0.25) is 5.91 Å². The van der Waals surface area contributed by atoms with E-state index >= 15 is 0 Å². The van der Waals surface area contributed by atoms with Crippen molar-refractivity contribution in [2.24, 2.45) is 5.92 Å². The molecule has 0 saturated carbocycles. The number of thiophene rings is 1. The van der Waals surface area contributed by atoms with Gasteiger partial charge in [0, 0.05) is 18.0 Å². The van der Waals surface area contributed by atoms with Gasteiger partial charge in [0.25, 0.3) is 0 Å². The molecule has 1 amide bonds. The lowest BCUT2D eigenvalue weighted by Crippen LogP contribution is -2.45. The first-order valence-corrected chi connectivity index (χ1v) is 7.64. The van der Waals surface area contributed by atoms with Crippen molar-refractivity contribution in [3.63, 3.8) is 0 Å². The summed E-state index contributed by atoms with van der Waals surface area (Å²) in [5.41, 5.74) is 1.31. The Bertz CT molecular complexity index is 377. The van der Waals surface area contributed by atoms with Gasteiger partial charge in [-0.1, -0.05) is 0 Å². The SMILES string of the molecule is CC1CC(C(=O)NC(C)Cc2ccsc2)CCN1. The molecule has 3 atom stereocenters. The maximum absolute atomic E-state index is 12.1. The van der Waals surface area contributed by atoms with Crippen LogP contribution in [0.25, 0.3) is 0 Å². The van der Waals surface area contributed by atoms with Gasteiger partial charge in [0.1, 0.15) is 0 Å². The number of hydrogen-bond acceptors (Lipinski definition) is 3. The molecule has 4 heteroatoms. The minimum Gasteiger partial charge on any atom is -0.353 e. The van der Waals surface area contributed by atoms with Crippen molar-refractivity contribution >= 4 is 17.2 Å². The van der Waals surface area contributed by atoms with E-state index in [1.54, 1.807) is 11.3 Å².